The predicted molar refractivity (Wildman–Crippen MR) is 132 cm³/mol. The Morgan fingerprint density at radius 3 is 2.35 bits per heavy atom. The van der Waals surface area contributed by atoms with Gasteiger partial charge in [0.05, 0.1) is 16.5 Å². The number of carboxylic acid groups (broad SMARTS) is 2. The van der Waals surface area contributed by atoms with E-state index < -0.39 is 11.9 Å². The SMILES string of the molecule is CC/N=c1/cc2oc3cc(NCC)c(C)cc3c(-c3ccc(C(=O)O)cc3C(=O)O)c-2cc1C. The number of anilines is 1. The predicted octanol–water partition coefficient (Wildman–Crippen LogP) is 5.57. The third kappa shape index (κ3) is 4.01. The molecule has 7 heteroatoms. The van der Waals surface area contributed by atoms with Crippen molar-refractivity contribution in [2.24, 2.45) is 4.99 Å². The first-order valence-corrected chi connectivity index (χ1v) is 11.1. The number of rotatable bonds is 6. The third-order valence-electron chi connectivity index (χ3n) is 5.85. The van der Waals surface area contributed by atoms with Gasteiger partial charge in [0.15, 0.2) is 0 Å². The summed E-state index contributed by atoms with van der Waals surface area (Å²) in [5.74, 6) is -1.81. The van der Waals surface area contributed by atoms with Crippen LogP contribution >= 0.6 is 0 Å². The molecule has 174 valence electrons. The highest BCUT2D eigenvalue weighted by molar-refractivity contribution is 6.09. The second kappa shape index (κ2) is 9.02. The van der Waals surface area contributed by atoms with Gasteiger partial charge in [-0.1, -0.05) is 6.07 Å². The van der Waals surface area contributed by atoms with Crippen LogP contribution in [0.3, 0.4) is 0 Å². The van der Waals surface area contributed by atoms with Gasteiger partial charge in [-0.25, -0.2) is 9.59 Å². The maximum absolute atomic E-state index is 12.2. The van der Waals surface area contributed by atoms with Crippen molar-refractivity contribution in [2.75, 3.05) is 18.4 Å². The normalized spacial score (nSPS) is 11.8. The number of fused-ring (bicyclic) bond motifs is 2. The fraction of sp³-hybridized carbons (Fsp3) is 0.222. The highest BCUT2D eigenvalue weighted by Gasteiger charge is 2.24. The van der Waals surface area contributed by atoms with E-state index in [4.69, 9.17) is 4.42 Å². The molecule has 0 saturated carbocycles. The summed E-state index contributed by atoms with van der Waals surface area (Å²) in [5.41, 5.74) is 5.12. The number of hydrogen-bond acceptors (Lipinski definition) is 5. The van der Waals surface area contributed by atoms with E-state index in [9.17, 15) is 19.8 Å². The summed E-state index contributed by atoms with van der Waals surface area (Å²) in [6, 6.07) is 11.9. The lowest BCUT2D eigenvalue weighted by Gasteiger charge is -2.19. The van der Waals surface area contributed by atoms with E-state index in [1.165, 1.54) is 12.1 Å². The van der Waals surface area contributed by atoms with Crippen LogP contribution in [-0.2, 0) is 0 Å². The van der Waals surface area contributed by atoms with Gasteiger partial charge in [0, 0.05) is 47.4 Å². The van der Waals surface area contributed by atoms with E-state index in [1.54, 1.807) is 6.07 Å². The molecule has 0 bridgehead atoms. The first kappa shape index (κ1) is 23.0. The molecular weight excluding hydrogens is 432 g/mol. The summed E-state index contributed by atoms with van der Waals surface area (Å²) in [7, 11) is 0. The van der Waals surface area contributed by atoms with Crippen molar-refractivity contribution < 1.29 is 24.2 Å². The molecule has 7 nitrogen and oxygen atoms in total. The second-order valence-electron chi connectivity index (χ2n) is 8.15. The van der Waals surface area contributed by atoms with Crippen LogP contribution in [0.15, 0.2) is 51.9 Å². The van der Waals surface area contributed by atoms with Gasteiger partial charge in [0.25, 0.3) is 0 Å². The number of aromatic carboxylic acids is 2. The summed E-state index contributed by atoms with van der Waals surface area (Å²) in [6.45, 7) is 9.26. The van der Waals surface area contributed by atoms with Crippen molar-refractivity contribution in [3.63, 3.8) is 0 Å². The van der Waals surface area contributed by atoms with Crippen molar-refractivity contribution in [1.29, 1.82) is 0 Å². The van der Waals surface area contributed by atoms with Gasteiger partial charge in [0.2, 0.25) is 0 Å². The van der Waals surface area contributed by atoms with Crippen LogP contribution in [0.4, 0.5) is 5.69 Å². The summed E-state index contributed by atoms with van der Waals surface area (Å²) < 4.78 is 6.31. The molecule has 0 atom stereocenters. The van der Waals surface area contributed by atoms with Gasteiger partial charge >= 0.3 is 11.9 Å². The van der Waals surface area contributed by atoms with Gasteiger partial charge < -0.3 is 19.9 Å². The van der Waals surface area contributed by atoms with Crippen LogP contribution in [0.1, 0.15) is 45.7 Å². The monoisotopic (exact) mass is 458 g/mol. The average molecular weight is 459 g/mol. The highest BCUT2D eigenvalue weighted by Crippen LogP contribution is 2.43. The van der Waals surface area contributed by atoms with E-state index in [1.807, 2.05) is 52.0 Å². The zero-order chi connectivity index (χ0) is 24.6. The fourth-order valence-corrected chi connectivity index (χ4v) is 4.27. The lowest BCUT2D eigenvalue weighted by atomic mass is 9.88. The number of aryl methyl sites for hydroxylation is 2. The standard InChI is InChI=1S/C27H26N2O5/c1-5-28-21-12-23-19(9-14(21)3)25(17-8-7-16(26(30)31)11-18(17)27(32)33)20-10-15(4)22(29-6-2)13-24(20)34-23/h7-13,28H,5-6H2,1-4H3,(H,30,31)(H,32,33)/b29-22-. The number of benzene rings is 3. The molecule has 0 spiro atoms. The molecule has 0 fully saturated rings. The molecule has 2 aromatic rings. The summed E-state index contributed by atoms with van der Waals surface area (Å²) >= 11 is 0. The van der Waals surface area contributed by atoms with E-state index in [0.29, 0.717) is 29.0 Å². The smallest absolute Gasteiger partial charge is 0.336 e. The molecule has 0 saturated heterocycles. The molecule has 1 aliphatic heterocycles. The van der Waals surface area contributed by atoms with Crippen LogP contribution in [0.25, 0.3) is 33.4 Å². The van der Waals surface area contributed by atoms with Gasteiger partial charge in [0.1, 0.15) is 11.3 Å². The van der Waals surface area contributed by atoms with E-state index in [2.05, 4.69) is 10.3 Å². The molecule has 0 radical (unpaired) electrons. The quantitative estimate of drug-likeness (QED) is 0.326. The zero-order valence-corrected chi connectivity index (χ0v) is 19.5. The molecule has 4 rings (SSSR count). The van der Waals surface area contributed by atoms with E-state index in [0.717, 1.165) is 39.7 Å². The first-order chi connectivity index (χ1) is 16.2. The van der Waals surface area contributed by atoms with Crippen molar-refractivity contribution in [3.05, 3.63) is 70.1 Å². The average Bonchev–Trinajstić information content (AvgIpc) is 2.79. The number of carboxylic acids is 2. The largest absolute Gasteiger partial charge is 0.478 e. The van der Waals surface area contributed by atoms with Crippen molar-refractivity contribution in [2.45, 2.75) is 27.7 Å². The summed E-state index contributed by atoms with van der Waals surface area (Å²) in [6.07, 6.45) is 0. The van der Waals surface area contributed by atoms with Gasteiger partial charge in [-0.15, -0.1) is 0 Å². The van der Waals surface area contributed by atoms with Crippen molar-refractivity contribution >= 4 is 28.6 Å². The van der Waals surface area contributed by atoms with Gasteiger partial charge in [-0.05, 0) is 68.7 Å². The molecule has 34 heavy (non-hydrogen) atoms. The lowest BCUT2D eigenvalue weighted by Crippen LogP contribution is -2.10. The Hall–Kier alpha value is -4.13. The Morgan fingerprint density at radius 2 is 1.71 bits per heavy atom. The van der Waals surface area contributed by atoms with E-state index >= 15 is 0 Å². The Morgan fingerprint density at radius 1 is 0.941 bits per heavy atom. The van der Waals surface area contributed by atoms with Crippen LogP contribution < -0.4 is 10.7 Å². The molecule has 0 amide bonds. The second-order valence-corrected chi connectivity index (χ2v) is 8.15. The molecule has 3 N–H and O–H groups in total. The summed E-state index contributed by atoms with van der Waals surface area (Å²) in [5, 5.41) is 24.3. The fourth-order valence-electron chi connectivity index (χ4n) is 4.27. The van der Waals surface area contributed by atoms with Crippen LogP contribution in [0.5, 0.6) is 0 Å². The topological polar surface area (TPSA) is 112 Å². The van der Waals surface area contributed by atoms with Crippen LogP contribution in [0, 0.1) is 13.8 Å². The first-order valence-electron chi connectivity index (χ1n) is 11.1. The van der Waals surface area contributed by atoms with Crippen LogP contribution in [-0.4, -0.2) is 35.2 Å². The Balaban J connectivity index is 2.19. The maximum Gasteiger partial charge on any atom is 0.336 e. The molecule has 2 aromatic carbocycles. The van der Waals surface area contributed by atoms with Crippen LogP contribution in [0.2, 0.25) is 0 Å². The Kier molecular flexibility index (Phi) is 6.11. The van der Waals surface area contributed by atoms with Gasteiger partial charge in [-0.2, -0.15) is 0 Å². The minimum atomic E-state index is -1.20. The molecule has 1 aliphatic carbocycles. The minimum Gasteiger partial charge on any atom is -0.478 e. The zero-order valence-electron chi connectivity index (χ0n) is 19.5. The third-order valence-corrected chi connectivity index (χ3v) is 5.85. The maximum atomic E-state index is 12.2. The lowest BCUT2D eigenvalue weighted by molar-refractivity contribution is 0.0696. The number of hydrogen-bond donors (Lipinski definition) is 3. The summed E-state index contributed by atoms with van der Waals surface area (Å²) in [4.78, 5) is 28.3. The molecule has 1 heterocycles. The Bertz CT molecular complexity index is 1480. The number of nitrogens with zero attached hydrogens (tertiary/aromatic N) is 1. The van der Waals surface area contributed by atoms with Gasteiger partial charge in [-0.3, -0.25) is 4.99 Å². The highest BCUT2D eigenvalue weighted by atomic mass is 16.4. The van der Waals surface area contributed by atoms with Crippen molar-refractivity contribution in [3.8, 4) is 22.5 Å². The molecular formula is C27H26N2O5. The Labute approximate surface area is 196 Å². The van der Waals surface area contributed by atoms with E-state index in [-0.39, 0.29) is 11.1 Å². The molecule has 0 unspecified atom stereocenters. The minimum absolute atomic E-state index is 0.0814. The molecule has 0 aromatic heterocycles. The number of carbonyl (C=O) groups is 2. The van der Waals surface area contributed by atoms with Crippen molar-refractivity contribution in [1.82, 2.24) is 0 Å². The molecule has 2 aliphatic rings. The number of nitrogens with one attached hydrogen (secondary N) is 1.